The molecule has 0 fully saturated rings. The summed E-state index contributed by atoms with van der Waals surface area (Å²) in [5.41, 5.74) is 3.06. The van der Waals surface area contributed by atoms with E-state index in [0.717, 1.165) is 16.7 Å². The van der Waals surface area contributed by atoms with Gasteiger partial charge in [0.15, 0.2) is 0 Å². The molecule has 2 aromatic rings. The molecule has 0 radical (unpaired) electrons. The first kappa shape index (κ1) is 20.6. The van der Waals surface area contributed by atoms with Crippen molar-refractivity contribution >= 4 is 10.0 Å². The summed E-state index contributed by atoms with van der Waals surface area (Å²) < 4.78 is 32.9. The first-order valence-electron chi connectivity index (χ1n) is 8.91. The fourth-order valence-electron chi connectivity index (χ4n) is 2.42. The zero-order chi connectivity index (χ0) is 19.0. The highest BCUT2D eigenvalue weighted by atomic mass is 32.2. The van der Waals surface area contributed by atoms with Gasteiger partial charge in [-0.05, 0) is 28.5 Å². The van der Waals surface area contributed by atoms with Crippen molar-refractivity contribution < 1.29 is 13.2 Å². The van der Waals surface area contributed by atoms with Crippen LogP contribution in [-0.4, -0.2) is 14.2 Å². The maximum absolute atomic E-state index is 12.2. The number of sulfonamides is 1. The van der Waals surface area contributed by atoms with Crippen molar-refractivity contribution in [1.29, 1.82) is 0 Å². The molecule has 0 spiro atoms. The van der Waals surface area contributed by atoms with E-state index in [-0.39, 0.29) is 17.7 Å². The van der Waals surface area contributed by atoms with E-state index in [0.29, 0.717) is 19.6 Å². The molecule has 4 nitrogen and oxygen atoms in total. The van der Waals surface area contributed by atoms with Gasteiger partial charge >= 0.3 is 0 Å². The molecular formula is C21H29NO3S. The first-order chi connectivity index (χ1) is 12.3. The van der Waals surface area contributed by atoms with Crippen LogP contribution in [0.15, 0.2) is 54.6 Å². The van der Waals surface area contributed by atoms with Crippen LogP contribution >= 0.6 is 0 Å². The van der Waals surface area contributed by atoms with Crippen LogP contribution in [0.3, 0.4) is 0 Å². The van der Waals surface area contributed by atoms with Gasteiger partial charge in [-0.2, -0.15) is 0 Å². The van der Waals surface area contributed by atoms with Gasteiger partial charge in [0.1, 0.15) is 0 Å². The Balaban J connectivity index is 1.89. The van der Waals surface area contributed by atoms with Crippen LogP contribution in [0, 0.1) is 5.41 Å². The Morgan fingerprint density at radius 3 is 2.15 bits per heavy atom. The molecular weight excluding hydrogens is 346 g/mol. The molecule has 26 heavy (non-hydrogen) atoms. The molecule has 0 heterocycles. The Bertz CT molecular complexity index is 780. The van der Waals surface area contributed by atoms with Gasteiger partial charge in [-0.25, -0.2) is 13.1 Å². The van der Waals surface area contributed by atoms with Crippen LogP contribution in [0.1, 0.15) is 43.9 Å². The Labute approximate surface area is 157 Å². The summed E-state index contributed by atoms with van der Waals surface area (Å²) in [4.78, 5) is 0. The van der Waals surface area contributed by atoms with Gasteiger partial charge in [0.2, 0.25) is 10.0 Å². The molecule has 0 aliphatic rings. The largest absolute Gasteiger partial charge is 0.372 e. The lowest BCUT2D eigenvalue weighted by molar-refractivity contribution is 0.106. The van der Waals surface area contributed by atoms with E-state index in [2.05, 4.69) is 4.72 Å². The van der Waals surface area contributed by atoms with Crippen molar-refractivity contribution in [2.24, 2.45) is 5.41 Å². The molecule has 0 bridgehead atoms. The van der Waals surface area contributed by atoms with Crippen molar-refractivity contribution in [3.63, 3.8) is 0 Å². The van der Waals surface area contributed by atoms with Crippen LogP contribution in [0.4, 0.5) is 0 Å². The van der Waals surface area contributed by atoms with Crippen LogP contribution in [0.5, 0.6) is 0 Å². The summed E-state index contributed by atoms with van der Waals surface area (Å²) in [5, 5.41) is 0. The highest BCUT2D eigenvalue weighted by molar-refractivity contribution is 7.89. The number of ether oxygens (including phenoxy) is 1. The van der Waals surface area contributed by atoms with Crippen LogP contribution < -0.4 is 4.72 Å². The lowest BCUT2D eigenvalue weighted by Gasteiger charge is -2.18. The molecule has 5 heteroatoms. The molecule has 1 N–H and O–H groups in total. The molecule has 0 saturated carbocycles. The number of nitrogens with one attached hydrogen (secondary N) is 1. The summed E-state index contributed by atoms with van der Waals surface area (Å²) in [7, 11) is -3.28. The minimum atomic E-state index is -3.28. The van der Waals surface area contributed by atoms with Crippen molar-refractivity contribution in [1.82, 2.24) is 4.72 Å². The fraction of sp³-hybridized carbons (Fsp3) is 0.429. The predicted octanol–water partition coefficient (Wildman–Crippen LogP) is 4.26. The summed E-state index contributed by atoms with van der Waals surface area (Å²) in [6, 6.07) is 17.8. The summed E-state index contributed by atoms with van der Waals surface area (Å²) in [6.07, 6.45) is 0.629. The van der Waals surface area contributed by atoms with Gasteiger partial charge in [-0.1, -0.05) is 75.4 Å². The van der Waals surface area contributed by atoms with Gasteiger partial charge in [-0.3, -0.25) is 0 Å². The second kappa shape index (κ2) is 9.31. The molecule has 142 valence electrons. The third-order valence-electron chi connectivity index (χ3n) is 4.09. The highest BCUT2D eigenvalue weighted by Gasteiger charge is 2.17. The Morgan fingerprint density at radius 2 is 1.50 bits per heavy atom. The average Bonchev–Trinajstić information content (AvgIpc) is 2.60. The lowest BCUT2D eigenvalue weighted by Crippen LogP contribution is -2.28. The van der Waals surface area contributed by atoms with Crippen LogP contribution in [-0.2, 0) is 34.5 Å². The molecule has 2 aromatic carbocycles. The minimum absolute atomic E-state index is 0.00205. The second-order valence-electron chi connectivity index (χ2n) is 7.70. The molecule has 0 amide bonds. The van der Waals surface area contributed by atoms with E-state index >= 15 is 0 Å². The van der Waals surface area contributed by atoms with Crippen LogP contribution in [0.2, 0.25) is 0 Å². The topological polar surface area (TPSA) is 55.4 Å². The van der Waals surface area contributed by atoms with E-state index < -0.39 is 10.0 Å². The molecule has 0 aliphatic heterocycles. The third kappa shape index (κ3) is 7.68. The molecule has 0 atom stereocenters. The van der Waals surface area contributed by atoms with E-state index in [1.807, 2.05) is 75.4 Å². The fourth-order valence-corrected chi connectivity index (χ4v) is 3.83. The number of rotatable bonds is 9. The van der Waals surface area contributed by atoms with Crippen molar-refractivity contribution in [3.8, 4) is 0 Å². The molecule has 0 saturated heterocycles. The maximum atomic E-state index is 12.2. The standard InChI is InChI=1S/C21H29NO3S/c1-21(2,3)13-14-26(23,24)22-15-19-11-7-8-12-20(19)17-25-16-18-9-5-4-6-10-18/h4-12,22H,13-17H2,1-3H3. The molecule has 2 rings (SSSR count). The summed E-state index contributed by atoms with van der Waals surface area (Å²) in [5.74, 6) is 0.142. The SMILES string of the molecule is CC(C)(C)CCS(=O)(=O)NCc1ccccc1COCc1ccccc1. The van der Waals surface area contributed by atoms with Gasteiger partial charge < -0.3 is 4.74 Å². The zero-order valence-corrected chi connectivity index (χ0v) is 16.7. The van der Waals surface area contributed by atoms with Crippen molar-refractivity contribution in [3.05, 3.63) is 71.3 Å². The van der Waals surface area contributed by atoms with Crippen molar-refractivity contribution in [2.75, 3.05) is 5.75 Å². The number of hydrogen-bond acceptors (Lipinski definition) is 3. The van der Waals surface area contributed by atoms with E-state index in [4.69, 9.17) is 4.74 Å². The Kier molecular flexibility index (Phi) is 7.38. The predicted molar refractivity (Wildman–Crippen MR) is 106 cm³/mol. The minimum Gasteiger partial charge on any atom is -0.372 e. The Morgan fingerprint density at radius 1 is 0.885 bits per heavy atom. The van der Waals surface area contributed by atoms with Gasteiger partial charge in [0.25, 0.3) is 0 Å². The van der Waals surface area contributed by atoms with Crippen LogP contribution in [0.25, 0.3) is 0 Å². The average molecular weight is 376 g/mol. The van der Waals surface area contributed by atoms with Crippen molar-refractivity contribution in [2.45, 2.75) is 47.0 Å². The first-order valence-corrected chi connectivity index (χ1v) is 10.6. The van der Waals surface area contributed by atoms with Gasteiger partial charge in [0.05, 0.1) is 19.0 Å². The molecule has 0 aromatic heterocycles. The number of benzene rings is 2. The molecule has 0 unspecified atom stereocenters. The summed E-state index contributed by atoms with van der Waals surface area (Å²) >= 11 is 0. The monoisotopic (exact) mass is 375 g/mol. The third-order valence-corrected chi connectivity index (χ3v) is 5.42. The lowest BCUT2D eigenvalue weighted by atomic mass is 9.94. The Hall–Kier alpha value is -1.69. The normalized spacial score (nSPS) is 12.3. The quantitative estimate of drug-likeness (QED) is 0.712. The second-order valence-corrected chi connectivity index (χ2v) is 9.62. The van der Waals surface area contributed by atoms with E-state index in [1.165, 1.54) is 0 Å². The van der Waals surface area contributed by atoms with Gasteiger partial charge in [0, 0.05) is 6.54 Å². The van der Waals surface area contributed by atoms with E-state index in [9.17, 15) is 8.42 Å². The summed E-state index contributed by atoms with van der Waals surface area (Å²) in [6.45, 7) is 7.41. The molecule has 0 aliphatic carbocycles. The van der Waals surface area contributed by atoms with E-state index in [1.54, 1.807) is 0 Å². The zero-order valence-electron chi connectivity index (χ0n) is 15.9. The van der Waals surface area contributed by atoms with Gasteiger partial charge in [-0.15, -0.1) is 0 Å². The number of hydrogen-bond donors (Lipinski definition) is 1. The maximum Gasteiger partial charge on any atom is 0.211 e. The highest BCUT2D eigenvalue weighted by Crippen LogP contribution is 2.19. The smallest absolute Gasteiger partial charge is 0.211 e.